The van der Waals surface area contributed by atoms with E-state index in [0.29, 0.717) is 18.7 Å². The van der Waals surface area contributed by atoms with E-state index in [0.717, 1.165) is 30.4 Å². The summed E-state index contributed by atoms with van der Waals surface area (Å²) in [5.41, 5.74) is 8.14. The molecule has 0 saturated carbocycles. The van der Waals surface area contributed by atoms with Crippen LogP contribution in [0, 0.1) is 13.8 Å². The molecule has 5 nitrogen and oxygen atoms in total. The number of nitrogens with two attached hydrogens (primary N) is 1. The van der Waals surface area contributed by atoms with Crippen LogP contribution in [0.4, 0.5) is 5.69 Å². The summed E-state index contributed by atoms with van der Waals surface area (Å²) in [5, 5.41) is 9.16. The summed E-state index contributed by atoms with van der Waals surface area (Å²) >= 11 is 0. The van der Waals surface area contributed by atoms with Crippen molar-refractivity contribution < 1.29 is 13.5 Å². The van der Waals surface area contributed by atoms with Crippen molar-refractivity contribution in [2.45, 2.75) is 50.5 Å². The van der Waals surface area contributed by atoms with Gasteiger partial charge >= 0.3 is 0 Å². The first kappa shape index (κ1) is 16.3. The number of benzene rings is 1. The van der Waals surface area contributed by atoms with Gasteiger partial charge in [0.2, 0.25) is 10.0 Å². The Morgan fingerprint density at radius 3 is 2.62 bits per heavy atom. The van der Waals surface area contributed by atoms with Crippen LogP contribution in [0.2, 0.25) is 0 Å². The molecule has 0 aromatic heterocycles. The van der Waals surface area contributed by atoms with Crippen molar-refractivity contribution in [3.8, 4) is 0 Å². The molecule has 0 amide bonds. The Morgan fingerprint density at radius 2 is 1.95 bits per heavy atom. The van der Waals surface area contributed by atoms with E-state index in [9.17, 15) is 8.42 Å². The number of aliphatic hydroxyl groups is 1. The number of aryl methyl sites for hydroxylation is 2. The molecule has 1 atom stereocenters. The van der Waals surface area contributed by atoms with Gasteiger partial charge in [-0.1, -0.05) is 6.42 Å². The van der Waals surface area contributed by atoms with Gasteiger partial charge in [0.15, 0.2) is 0 Å². The highest BCUT2D eigenvalue weighted by Gasteiger charge is 2.34. The van der Waals surface area contributed by atoms with E-state index in [2.05, 4.69) is 0 Å². The third kappa shape index (κ3) is 3.22. The van der Waals surface area contributed by atoms with Crippen LogP contribution in [0.5, 0.6) is 0 Å². The van der Waals surface area contributed by atoms with E-state index < -0.39 is 10.0 Å². The standard InChI is InChI=1S/C15H24N2O3S/c1-11-9-14(16)15(10-12(11)2)21(19,20)17-7-4-3-5-13(17)6-8-18/h9-10,13,18H,3-8,16H2,1-2H3. The Labute approximate surface area is 126 Å². The first-order valence-electron chi connectivity index (χ1n) is 7.37. The number of nitrogens with zero attached hydrogens (tertiary/aromatic N) is 1. The first-order valence-corrected chi connectivity index (χ1v) is 8.81. The Balaban J connectivity index is 2.43. The van der Waals surface area contributed by atoms with E-state index in [1.807, 2.05) is 13.8 Å². The lowest BCUT2D eigenvalue weighted by molar-refractivity contribution is 0.192. The minimum absolute atomic E-state index is 0.000898. The van der Waals surface area contributed by atoms with Crippen LogP contribution in [0.1, 0.15) is 36.8 Å². The molecule has 0 bridgehead atoms. The lowest BCUT2D eigenvalue weighted by Gasteiger charge is -2.34. The van der Waals surface area contributed by atoms with Gasteiger partial charge in [-0.2, -0.15) is 4.31 Å². The van der Waals surface area contributed by atoms with Gasteiger partial charge in [0.05, 0.1) is 5.69 Å². The van der Waals surface area contributed by atoms with Gasteiger partial charge in [-0.25, -0.2) is 8.42 Å². The number of hydrogen-bond acceptors (Lipinski definition) is 4. The molecule has 1 aliphatic heterocycles. The second-order valence-electron chi connectivity index (χ2n) is 5.75. The van der Waals surface area contributed by atoms with Crippen molar-refractivity contribution in [2.24, 2.45) is 0 Å². The summed E-state index contributed by atoms with van der Waals surface area (Å²) in [5.74, 6) is 0. The van der Waals surface area contributed by atoms with Gasteiger partial charge in [-0.05, 0) is 56.4 Å². The second-order valence-corrected chi connectivity index (χ2v) is 7.61. The molecule has 1 heterocycles. The molecule has 0 radical (unpaired) electrons. The SMILES string of the molecule is Cc1cc(N)c(S(=O)(=O)N2CCCCC2CCO)cc1C. The Kier molecular flexibility index (Phi) is 4.91. The highest BCUT2D eigenvalue weighted by Crippen LogP contribution is 2.31. The molecule has 1 aliphatic rings. The number of piperidine rings is 1. The van der Waals surface area contributed by atoms with Gasteiger partial charge < -0.3 is 10.8 Å². The molecular formula is C15H24N2O3S. The molecule has 118 valence electrons. The predicted octanol–water partition coefficient (Wildman–Crippen LogP) is 1.81. The average molecular weight is 312 g/mol. The topological polar surface area (TPSA) is 83.6 Å². The fourth-order valence-electron chi connectivity index (χ4n) is 2.89. The Bertz CT molecular complexity index is 612. The molecule has 0 aliphatic carbocycles. The summed E-state index contributed by atoms with van der Waals surface area (Å²) < 4.78 is 27.4. The molecule has 1 aromatic carbocycles. The van der Waals surface area contributed by atoms with Crippen molar-refractivity contribution in [3.63, 3.8) is 0 Å². The Morgan fingerprint density at radius 1 is 1.29 bits per heavy atom. The number of sulfonamides is 1. The van der Waals surface area contributed by atoms with E-state index in [1.54, 1.807) is 12.1 Å². The van der Waals surface area contributed by atoms with Gasteiger partial charge in [0.25, 0.3) is 0 Å². The van der Waals surface area contributed by atoms with Gasteiger partial charge in [-0.15, -0.1) is 0 Å². The van der Waals surface area contributed by atoms with Crippen LogP contribution in [0.15, 0.2) is 17.0 Å². The van der Waals surface area contributed by atoms with E-state index in [1.165, 1.54) is 4.31 Å². The lowest BCUT2D eigenvalue weighted by Crippen LogP contribution is -2.44. The zero-order chi connectivity index (χ0) is 15.6. The van der Waals surface area contributed by atoms with Crippen LogP contribution in [0.25, 0.3) is 0 Å². The van der Waals surface area contributed by atoms with Gasteiger partial charge in [0.1, 0.15) is 4.90 Å². The number of hydrogen-bond donors (Lipinski definition) is 2. The van der Waals surface area contributed by atoms with Crippen LogP contribution in [0.3, 0.4) is 0 Å². The molecule has 1 saturated heterocycles. The molecule has 3 N–H and O–H groups in total. The summed E-state index contributed by atoms with van der Waals surface area (Å²) in [6.07, 6.45) is 3.12. The maximum atomic E-state index is 12.9. The largest absolute Gasteiger partial charge is 0.398 e. The normalized spacial score (nSPS) is 20.6. The summed E-state index contributed by atoms with van der Waals surface area (Å²) in [6, 6.07) is 3.24. The van der Waals surface area contributed by atoms with E-state index >= 15 is 0 Å². The summed E-state index contributed by atoms with van der Waals surface area (Å²) in [4.78, 5) is 0.190. The maximum Gasteiger partial charge on any atom is 0.245 e. The number of nitrogen functional groups attached to an aromatic ring is 1. The first-order chi connectivity index (χ1) is 9.87. The van der Waals surface area contributed by atoms with Gasteiger partial charge in [0, 0.05) is 19.2 Å². The van der Waals surface area contributed by atoms with Crippen molar-refractivity contribution >= 4 is 15.7 Å². The fourth-order valence-corrected chi connectivity index (χ4v) is 4.80. The Hall–Kier alpha value is -1.11. The number of anilines is 1. The van der Waals surface area contributed by atoms with Crippen molar-refractivity contribution in [2.75, 3.05) is 18.9 Å². The smallest absolute Gasteiger partial charge is 0.245 e. The summed E-state index contributed by atoms with van der Waals surface area (Å²) in [6.45, 7) is 4.30. The van der Waals surface area contributed by atoms with Crippen LogP contribution < -0.4 is 5.73 Å². The van der Waals surface area contributed by atoms with Crippen molar-refractivity contribution in [3.05, 3.63) is 23.3 Å². The second kappa shape index (κ2) is 6.34. The van der Waals surface area contributed by atoms with E-state index in [4.69, 9.17) is 10.8 Å². The van der Waals surface area contributed by atoms with Crippen LogP contribution in [-0.4, -0.2) is 37.0 Å². The molecule has 1 aromatic rings. The molecule has 2 rings (SSSR count). The number of aliphatic hydroxyl groups excluding tert-OH is 1. The monoisotopic (exact) mass is 312 g/mol. The molecule has 6 heteroatoms. The zero-order valence-electron chi connectivity index (χ0n) is 12.7. The highest BCUT2D eigenvalue weighted by molar-refractivity contribution is 7.89. The third-order valence-electron chi connectivity index (χ3n) is 4.25. The fraction of sp³-hybridized carbons (Fsp3) is 0.600. The molecular weight excluding hydrogens is 288 g/mol. The van der Waals surface area contributed by atoms with Crippen LogP contribution >= 0.6 is 0 Å². The lowest BCUT2D eigenvalue weighted by atomic mass is 10.0. The third-order valence-corrected chi connectivity index (χ3v) is 6.26. The minimum Gasteiger partial charge on any atom is -0.398 e. The van der Waals surface area contributed by atoms with Gasteiger partial charge in [-0.3, -0.25) is 0 Å². The maximum absolute atomic E-state index is 12.9. The van der Waals surface area contributed by atoms with Crippen molar-refractivity contribution in [1.82, 2.24) is 4.31 Å². The van der Waals surface area contributed by atoms with Crippen LogP contribution in [-0.2, 0) is 10.0 Å². The zero-order valence-corrected chi connectivity index (χ0v) is 13.5. The highest BCUT2D eigenvalue weighted by atomic mass is 32.2. The quantitative estimate of drug-likeness (QED) is 0.831. The molecule has 21 heavy (non-hydrogen) atoms. The summed E-state index contributed by atoms with van der Waals surface area (Å²) in [7, 11) is -3.61. The molecule has 1 fully saturated rings. The predicted molar refractivity (Wildman–Crippen MR) is 83.6 cm³/mol. The minimum atomic E-state index is -3.61. The number of rotatable bonds is 4. The molecule has 1 unspecified atom stereocenters. The van der Waals surface area contributed by atoms with Crippen molar-refractivity contribution in [1.29, 1.82) is 0 Å². The average Bonchev–Trinajstić information content (AvgIpc) is 2.43. The molecule has 0 spiro atoms. The van der Waals surface area contributed by atoms with E-state index in [-0.39, 0.29) is 17.5 Å².